The van der Waals surface area contributed by atoms with E-state index in [0.29, 0.717) is 16.9 Å². The van der Waals surface area contributed by atoms with Crippen LogP contribution in [0.5, 0.6) is 0 Å². The van der Waals surface area contributed by atoms with Gasteiger partial charge in [0.1, 0.15) is 5.82 Å². The van der Waals surface area contributed by atoms with Gasteiger partial charge in [0, 0.05) is 0 Å². The summed E-state index contributed by atoms with van der Waals surface area (Å²) in [5, 5.41) is 3.06. The third-order valence-electron chi connectivity index (χ3n) is 2.79. The lowest BCUT2D eigenvalue weighted by Gasteiger charge is -2.12. The first-order valence-electron chi connectivity index (χ1n) is 6.30. The van der Waals surface area contributed by atoms with E-state index in [2.05, 4.69) is 5.32 Å². The zero-order valence-corrected chi connectivity index (χ0v) is 12.1. The number of para-hydroxylation sites is 1. The van der Waals surface area contributed by atoms with Gasteiger partial charge in [-0.25, -0.2) is 9.18 Å². The molecule has 0 atom stereocenters. The van der Waals surface area contributed by atoms with Crippen molar-refractivity contribution in [2.24, 2.45) is 0 Å². The Kier molecular flexibility index (Phi) is 4.65. The number of hydrogen-bond donors (Lipinski definition) is 2. The maximum atomic E-state index is 13.7. The molecule has 0 amide bonds. The molecule has 21 heavy (non-hydrogen) atoms. The number of carbonyl (C=O) groups is 1. The van der Waals surface area contributed by atoms with E-state index in [0.717, 1.165) is 0 Å². The zero-order chi connectivity index (χ0) is 15.4. The summed E-state index contributed by atoms with van der Waals surface area (Å²) in [6.07, 6.45) is 0. The van der Waals surface area contributed by atoms with Crippen molar-refractivity contribution in [1.82, 2.24) is 0 Å². The van der Waals surface area contributed by atoms with Crippen molar-refractivity contribution in [1.29, 1.82) is 0 Å². The Bertz CT molecular complexity index is 656. The van der Waals surface area contributed by atoms with Crippen molar-refractivity contribution in [2.75, 3.05) is 17.7 Å². The highest BCUT2D eigenvalue weighted by molar-refractivity contribution is 6.33. The topological polar surface area (TPSA) is 64.3 Å². The van der Waals surface area contributed by atoms with E-state index in [-0.39, 0.29) is 17.3 Å². The minimum atomic E-state index is -0.489. The minimum Gasteiger partial charge on any atom is -0.462 e. The summed E-state index contributed by atoms with van der Waals surface area (Å²) in [4.78, 5) is 11.6. The maximum absolute atomic E-state index is 13.7. The fraction of sp³-hybridized carbons (Fsp3) is 0.133. The first kappa shape index (κ1) is 15.1. The number of hydrogen-bond acceptors (Lipinski definition) is 4. The number of halogens is 2. The number of carbonyl (C=O) groups excluding carboxylic acids is 1. The molecule has 0 saturated carbocycles. The van der Waals surface area contributed by atoms with E-state index in [1.54, 1.807) is 25.1 Å². The van der Waals surface area contributed by atoms with Crippen LogP contribution in [-0.2, 0) is 4.74 Å². The highest BCUT2D eigenvalue weighted by Gasteiger charge is 2.12. The second-order valence-electron chi connectivity index (χ2n) is 4.24. The molecular formula is C15H14ClFN2O2. The van der Waals surface area contributed by atoms with Crippen LogP contribution in [0, 0.1) is 5.82 Å². The molecule has 0 heterocycles. The van der Waals surface area contributed by atoms with Crippen molar-refractivity contribution >= 4 is 34.6 Å². The van der Waals surface area contributed by atoms with E-state index < -0.39 is 11.8 Å². The van der Waals surface area contributed by atoms with Gasteiger partial charge in [0.05, 0.1) is 34.3 Å². The molecule has 0 unspecified atom stereocenters. The quantitative estimate of drug-likeness (QED) is 0.662. The van der Waals surface area contributed by atoms with E-state index in [1.165, 1.54) is 18.2 Å². The molecule has 0 aliphatic heterocycles. The second kappa shape index (κ2) is 6.45. The van der Waals surface area contributed by atoms with Crippen LogP contribution in [0.4, 0.5) is 21.5 Å². The van der Waals surface area contributed by atoms with Crippen molar-refractivity contribution < 1.29 is 13.9 Å². The number of esters is 1. The normalized spacial score (nSPS) is 10.2. The second-order valence-corrected chi connectivity index (χ2v) is 4.65. The van der Waals surface area contributed by atoms with Crippen LogP contribution in [0.25, 0.3) is 0 Å². The Labute approximate surface area is 126 Å². The molecule has 0 aliphatic carbocycles. The minimum absolute atomic E-state index is 0.134. The summed E-state index contributed by atoms with van der Waals surface area (Å²) < 4.78 is 18.6. The average molecular weight is 309 g/mol. The van der Waals surface area contributed by atoms with Crippen LogP contribution in [0.2, 0.25) is 5.02 Å². The summed E-state index contributed by atoms with van der Waals surface area (Å²) in [7, 11) is 0. The molecule has 4 nitrogen and oxygen atoms in total. The molecule has 6 heteroatoms. The number of nitrogen functional groups attached to an aromatic ring is 1. The lowest BCUT2D eigenvalue weighted by Crippen LogP contribution is -2.06. The molecule has 2 aromatic rings. The average Bonchev–Trinajstić information content (AvgIpc) is 2.44. The smallest absolute Gasteiger partial charge is 0.338 e. The number of rotatable bonds is 4. The monoisotopic (exact) mass is 308 g/mol. The van der Waals surface area contributed by atoms with Crippen LogP contribution < -0.4 is 11.1 Å². The number of ether oxygens (including phenoxy) is 1. The summed E-state index contributed by atoms with van der Waals surface area (Å²) >= 11 is 5.94. The predicted octanol–water partition coefficient (Wildman–Crippen LogP) is 3.98. The van der Waals surface area contributed by atoms with Gasteiger partial charge in [-0.3, -0.25) is 0 Å². The highest BCUT2D eigenvalue weighted by atomic mass is 35.5. The molecule has 0 aliphatic rings. The molecular weight excluding hydrogens is 295 g/mol. The maximum Gasteiger partial charge on any atom is 0.338 e. The SMILES string of the molecule is CCOC(=O)c1ccc(Nc2c(F)cccc2Cl)c(N)c1. The molecule has 3 N–H and O–H groups in total. The van der Waals surface area contributed by atoms with E-state index in [9.17, 15) is 9.18 Å². The standard InChI is InChI=1S/C15H14ClFN2O2/c1-2-21-15(20)9-6-7-13(12(18)8-9)19-14-10(16)4-3-5-11(14)17/h3-8,19H,2,18H2,1H3. The van der Waals surface area contributed by atoms with Crippen LogP contribution in [0.15, 0.2) is 36.4 Å². The van der Waals surface area contributed by atoms with E-state index in [4.69, 9.17) is 22.1 Å². The molecule has 2 rings (SSSR count). The summed E-state index contributed by atoms with van der Waals surface area (Å²) in [5.41, 5.74) is 7.08. The van der Waals surface area contributed by atoms with Gasteiger partial charge in [-0.1, -0.05) is 17.7 Å². The highest BCUT2D eigenvalue weighted by Crippen LogP contribution is 2.31. The molecule has 0 bridgehead atoms. The number of nitrogens with one attached hydrogen (secondary N) is 1. The Morgan fingerprint density at radius 2 is 2.14 bits per heavy atom. The van der Waals surface area contributed by atoms with Gasteiger partial charge in [0.15, 0.2) is 0 Å². The van der Waals surface area contributed by atoms with Crippen molar-refractivity contribution in [3.63, 3.8) is 0 Å². The Morgan fingerprint density at radius 3 is 2.76 bits per heavy atom. The summed E-state index contributed by atoms with van der Waals surface area (Å²) in [6, 6.07) is 8.95. The molecule has 0 radical (unpaired) electrons. The number of nitrogens with two attached hydrogens (primary N) is 1. The fourth-order valence-electron chi connectivity index (χ4n) is 1.77. The molecule has 0 fully saturated rings. The number of benzene rings is 2. The lowest BCUT2D eigenvalue weighted by molar-refractivity contribution is 0.0526. The predicted molar refractivity (Wildman–Crippen MR) is 81.5 cm³/mol. The third kappa shape index (κ3) is 3.44. The molecule has 0 saturated heterocycles. The molecule has 2 aromatic carbocycles. The van der Waals surface area contributed by atoms with Crippen LogP contribution in [-0.4, -0.2) is 12.6 Å². The van der Waals surface area contributed by atoms with Crippen LogP contribution in [0.1, 0.15) is 17.3 Å². The zero-order valence-electron chi connectivity index (χ0n) is 11.3. The fourth-order valence-corrected chi connectivity index (χ4v) is 1.98. The van der Waals surface area contributed by atoms with E-state index >= 15 is 0 Å². The van der Waals surface area contributed by atoms with Gasteiger partial charge >= 0.3 is 5.97 Å². The van der Waals surface area contributed by atoms with Gasteiger partial charge in [0.2, 0.25) is 0 Å². The van der Waals surface area contributed by atoms with E-state index in [1.807, 2.05) is 0 Å². The molecule has 110 valence electrons. The van der Waals surface area contributed by atoms with Gasteiger partial charge in [-0.15, -0.1) is 0 Å². The Morgan fingerprint density at radius 1 is 1.38 bits per heavy atom. The Hall–Kier alpha value is -2.27. The van der Waals surface area contributed by atoms with Gasteiger partial charge in [0.25, 0.3) is 0 Å². The van der Waals surface area contributed by atoms with Crippen molar-refractivity contribution in [3.8, 4) is 0 Å². The van der Waals surface area contributed by atoms with Gasteiger partial charge in [-0.05, 0) is 37.3 Å². The third-order valence-corrected chi connectivity index (χ3v) is 3.10. The summed E-state index contributed by atoms with van der Waals surface area (Å²) in [6.45, 7) is 2.00. The first-order valence-corrected chi connectivity index (χ1v) is 6.68. The van der Waals surface area contributed by atoms with Crippen molar-refractivity contribution in [2.45, 2.75) is 6.92 Å². The lowest BCUT2D eigenvalue weighted by atomic mass is 10.1. The van der Waals surface area contributed by atoms with Crippen LogP contribution in [0.3, 0.4) is 0 Å². The Balaban J connectivity index is 2.28. The van der Waals surface area contributed by atoms with Gasteiger partial charge in [-0.2, -0.15) is 0 Å². The largest absolute Gasteiger partial charge is 0.462 e. The molecule has 0 aromatic heterocycles. The molecule has 0 spiro atoms. The number of anilines is 3. The first-order chi connectivity index (χ1) is 10.0. The van der Waals surface area contributed by atoms with Crippen molar-refractivity contribution in [3.05, 3.63) is 52.8 Å². The summed E-state index contributed by atoms with van der Waals surface area (Å²) in [5.74, 6) is -0.948. The van der Waals surface area contributed by atoms with Crippen LogP contribution >= 0.6 is 11.6 Å². The van der Waals surface area contributed by atoms with Gasteiger partial charge < -0.3 is 15.8 Å².